The van der Waals surface area contributed by atoms with Gasteiger partial charge in [0.1, 0.15) is 0 Å². The number of anilines is 2. The van der Waals surface area contributed by atoms with Crippen LogP contribution < -0.4 is 10.6 Å². The van der Waals surface area contributed by atoms with Crippen LogP contribution in [-0.4, -0.2) is 49.2 Å². The molecular weight excluding hydrogens is 242 g/mol. The second kappa shape index (κ2) is 5.09. The van der Waals surface area contributed by atoms with Gasteiger partial charge in [-0.15, -0.1) is 0 Å². The van der Waals surface area contributed by atoms with Crippen LogP contribution in [0.2, 0.25) is 0 Å². The summed E-state index contributed by atoms with van der Waals surface area (Å²) in [6.45, 7) is 3.99. The molecule has 0 spiro atoms. The first-order valence-corrected chi connectivity index (χ1v) is 6.44. The molecule has 0 amide bonds. The van der Waals surface area contributed by atoms with Gasteiger partial charge in [0, 0.05) is 19.1 Å². The Kier molecular flexibility index (Phi) is 3.66. The monoisotopic (exact) mass is 263 g/mol. The van der Waals surface area contributed by atoms with E-state index in [1.165, 1.54) is 0 Å². The maximum absolute atomic E-state index is 11.0. The summed E-state index contributed by atoms with van der Waals surface area (Å²) in [6.07, 6.45) is 0. The summed E-state index contributed by atoms with van der Waals surface area (Å²) in [6, 6.07) is 5.35. The van der Waals surface area contributed by atoms with Crippen molar-refractivity contribution in [2.45, 2.75) is 13.0 Å². The number of carboxylic acids is 1. The molecule has 2 atom stereocenters. The van der Waals surface area contributed by atoms with Crippen LogP contribution in [0.1, 0.15) is 17.3 Å². The lowest BCUT2D eigenvalue weighted by atomic mass is 10.1. The van der Waals surface area contributed by atoms with Gasteiger partial charge in [0.2, 0.25) is 0 Å². The molecule has 2 rings (SSSR count). The zero-order valence-corrected chi connectivity index (χ0v) is 11.6. The first kappa shape index (κ1) is 13.7. The number of nitrogens with zero attached hydrogens (tertiary/aromatic N) is 2. The van der Waals surface area contributed by atoms with Gasteiger partial charge in [0.15, 0.2) is 0 Å². The fraction of sp³-hybridized carbons (Fsp3) is 0.500. The Bertz CT molecular complexity index is 488. The highest BCUT2D eigenvalue weighted by Gasteiger charge is 2.32. The number of nitrogens with two attached hydrogens (primary N) is 1. The van der Waals surface area contributed by atoms with Crippen molar-refractivity contribution in [3.8, 4) is 0 Å². The van der Waals surface area contributed by atoms with Crippen LogP contribution in [-0.2, 0) is 0 Å². The number of rotatable bonds is 3. The van der Waals surface area contributed by atoms with E-state index in [2.05, 4.69) is 30.8 Å². The van der Waals surface area contributed by atoms with Crippen molar-refractivity contribution in [3.05, 3.63) is 23.8 Å². The predicted molar refractivity (Wildman–Crippen MR) is 76.7 cm³/mol. The van der Waals surface area contributed by atoms with Crippen molar-refractivity contribution >= 4 is 17.3 Å². The average molecular weight is 263 g/mol. The third kappa shape index (κ3) is 2.66. The maximum atomic E-state index is 11.0. The van der Waals surface area contributed by atoms with Crippen LogP contribution in [0.15, 0.2) is 18.2 Å². The summed E-state index contributed by atoms with van der Waals surface area (Å²) in [5.41, 5.74) is 7.74. The molecule has 0 radical (unpaired) electrons. The first-order chi connectivity index (χ1) is 8.90. The van der Waals surface area contributed by atoms with Gasteiger partial charge in [0.25, 0.3) is 0 Å². The van der Waals surface area contributed by atoms with E-state index in [4.69, 9.17) is 10.8 Å². The van der Waals surface area contributed by atoms with Gasteiger partial charge < -0.3 is 20.6 Å². The largest absolute Gasteiger partial charge is 0.478 e. The molecular formula is C14H21N3O2. The molecule has 2 unspecified atom stereocenters. The minimum Gasteiger partial charge on any atom is -0.478 e. The Labute approximate surface area is 113 Å². The number of hydrogen-bond acceptors (Lipinski definition) is 4. The summed E-state index contributed by atoms with van der Waals surface area (Å²) < 4.78 is 0. The molecule has 0 aromatic heterocycles. The van der Waals surface area contributed by atoms with Crippen molar-refractivity contribution in [2.24, 2.45) is 5.92 Å². The smallest absolute Gasteiger partial charge is 0.335 e. The van der Waals surface area contributed by atoms with E-state index in [1.54, 1.807) is 18.2 Å². The lowest BCUT2D eigenvalue weighted by molar-refractivity contribution is 0.0697. The van der Waals surface area contributed by atoms with Crippen molar-refractivity contribution in [1.82, 2.24) is 4.90 Å². The molecule has 0 bridgehead atoms. The van der Waals surface area contributed by atoms with Gasteiger partial charge in [-0.25, -0.2) is 4.79 Å². The van der Waals surface area contributed by atoms with E-state index in [-0.39, 0.29) is 5.56 Å². The van der Waals surface area contributed by atoms with Crippen LogP contribution in [0.4, 0.5) is 11.4 Å². The maximum Gasteiger partial charge on any atom is 0.335 e. The van der Waals surface area contributed by atoms with Gasteiger partial charge in [-0.1, -0.05) is 6.92 Å². The molecule has 1 fully saturated rings. The Morgan fingerprint density at radius 1 is 1.42 bits per heavy atom. The highest BCUT2D eigenvalue weighted by Crippen LogP contribution is 2.31. The van der Waals surface area contributed by atoms with Crippen molar-refractivity contribution in [2.75, 3.05) is 37.8 Å². The van der Waals surface area contributed by atoms with Gasteiger partial charge >= 0.3 is 5.97 Å². The third-order valence-electron chi connectivity index (χ3n) is 3.85. The molecule has 3 N–H and O–H groups in total. The molecule has 0 aliphatic carbocycles. The molecule has 1 aliphatic rings. The Balaban J connectivity index is 2.28. The second-order valence-corrected chi connectivity index (χ2v) is 5.49. The average Bonchev–Trinajstić information content (AvgIpc) is 2.71. The van der Waals surface area contributed by atoms with Gasteiger partial charge in [-0.2, -0.15) is 0 Å². The number of carboxylic acid groups (broad SMARTS) is 1. The quantitative estimate of drug-likeness (QED) is 0.806. The van der Waals surface area contributed by atoms with E-state index < -0.39 is 5.97 Å². The molecule has 5 heteroatoms. The molecule has 5 nitrogen and oxygen atoms in total. The molecule has 0 saturated carbocycles. The highest BCUT2D eigenvalue weighted by molar-refractivity contribution is 5.90. The summed E-state index contributed by atoms with van der Waals surface area (Å²) >= 11 is 0. The SMILES string of the molecule is CC1CN(c2cc(C(=O)O)ccc2N)CC1N(C)C. The Hall–Kier alpha value is -1.75. The number of benzene rings is 1. The second-order valence-electron chi connectivity index (χ2n) is 5.49. The van der Waals surface area contributed by atoms with Crippen molar-refractivity contribution < 1.29 is 9.90 Å². The van der Waals surface area contributed by atoms with Gasteiger partial charge in [-0.05, 0) is 38.2 Å². The molecule has 1 heterocycles. The van der Waals surface area contributed by atoms with Crippen LogP contribution >= 0.6 is 0 Å². The predicted octanol–water partition coefficient (Wildman–Crippen LogP) is 1.35. The van der Waals surface area contributed by atoms with Crippen LogP contribution in [0.25, 0.3) is 0 Å². The molecule has 1 aromatic rings. The van der Waals surface area contributed by atoms with E-state index in [0.29, 0.717) is 17.6 Å². The van der Waals surface area contributed by atoms with Gasteiger partial charge in [-0.3, -0.25) is 0 Å². The van der Waals surface area contributed by atoms with E-state index in [9.17, 15) is 4.79 Å². The summed E-state index contributed by atoms with van der Waals surface area (Å²) in [7, 11) is 4.14. The van der Waals surface area contributed by atoms with Crippen LogP contribution in [0.5, 0.6) is 0 Å². The molecule has 1 aliphatic heterocycles. The standard InChI is InChI=1S/C14H21N3O2/c1-9-7-17(8-13(9)16(2)3)12-6-10(14(18)19)4-5-11(12)15/h4-6,9,13H,7-8,15H2,1-3H3,(H,18,19). The van der Waals surface area contributed by atoms with E-state index in [0.717, 1.165) is 18.8 Å². The van der Waals surface area contributed by atoms with Gasteiger partial charge in [0.05, 0.1) is 16.9 Å². The number of hydrogen-bond donors (Lipinski definition) is 2. The first-order valence-electron chi connectivity index (χ1n) is 6.44. The molecule has 104 valence electrons. The van der Waals surface area contributed by atoms with Crippen LogP contribution in [0, 0.1) is 5.92 Å². The number of likely N-dealkylation sites (N-methyl/N-ethyl adjacent to an activating group) is 1. The zero-order valence-electron chi connectivity index (χ0n) is 11.6. The summed E-state index contributed by atoms with van der Waals surface area (Å²) in [5.74, 6) is -0.388. The van der Waals surface area contributed by atoms with Crippen LogP contribution in [0.3, 0.4) is 0 Å². The Morgan fingerprint density at radius 2 is 2.11 bits per heavy atom. The number of carbonyl (C=O) groups is 1. The summed E-state index contributed by atoms with van der Waals surface area (Å²) in [5, 5.41) is 9.07. The molecule has 1 saturated heterocycles. The fourth-order valence-corrected chi connectivity index (χ4v) is 2.77. The minimum absolute atomic E-state index is 0.283. The fourth-order valence-electron chi connectivity index (χ4n) is 2.77. The number of nitrogen functional groups attached to an aromatic ring is 1. The highest BCUT2D eigenvalue weighted by atomic mass is 16.4. The zero-order chi connectivity index (χ0) is 14.2. The summed E-state index contributed by atoms with van der Waals surface area (Å²) in [4.78, 5) is 15.4. The number of aromatic carboxylic acids is 1. The normalized spacial score (nSPS) is 23.1. The van der Waals surface area contributed by atoms with E-state index >= 15 is 0 Å². The molecule has 1 aromatic carbocycles. The minimum atomic E-state index is -0.919. The topological polar surface area (TPSA) is 69.8 Å². The van der Waals surface area contributed by atoms with Crippen molar-refractivity contribution in [3.63, 3.8) is 0 Å². The van der Waals surface area contributed by atoms with Crippen molar-refractivity contribution in [1.29, 1.82) is 0 Å². The third-order valence-corrected chi connectivity index (χ3v) is 3.85. The van der Waals surface area contributed by atoms with E-state index in [1.807, 2.05) is 0 Å². The lowest BCUT2D eigenvalue weighted by Crippen LogP contribution is -2.34. The molecule has 19 heavy (non-hydrogen) atoms. The lowest BCUT2D eigenvalue weighted by Gasteiger charge is -2.23. The Morgan fingerprint density at radius 3 is 2.63 bits per heavy atom.